The van der Waals surface area contributed by atoms with E-state index in [4.69, 9.17) is 0 Å². The molecule has 0 saturated carbocycles. The third-order valence-electron chi connectivity index (χ3n) is 2.92. The van der Waals surface area contributed by atoms with Crippen LogP contribution in [0.3, 0.4) is 0 Å². The highest BCUT2D eigenvalue weighted by Crippen LogP contribution is 2.12. The zero-order chi connectivity index (χ0) is 12.2. The number of benzene rings is 1. The van der Waals surface area contributed by atoms with Gasteiger partial charge in [-0.15, -0.1) is 0 Å². The SMILES string of the molecule is CN(CCC(=O)c1ccccc1)C(C)(C)C. The first-order valence-electron chi connectivity index (χ1n) is 5.71. The Morgan fingerprint density at radius 1 is 1.19 bits per heavy atom. The number of rotatable bonds is 4. The van der Waals surface area contributed by atoms with Crippen LogP contribution in [0.1, 0.15) is 37.6 Å². The van der Waals surface area contributed by atoms with Crippen molar-refractivity contribution in [3.63, 3.8) is 0 Å². The number of hydrogen-bond donors (Lipinski definition) is 0. The second-order valence-corrected chi connectivity index (χ2v) is 5.13. The molecule has 0 aliphatic carbocycles. The van der Waals surface area contributed by atoms with Crippen molar-refractivity contribution in [2.45, 2.75) is 32.7 Å². The molecule has 1 rings (SSSR count). The van der Waals surface area contributed by atoms with Gasteiger partial charge in [-0.1, -0.05) is 30.3 Å². The lowest BCUT2D eigenvalue weighted by Gasteiger charge is -2.31. The third-order valence-corrected chi connectivity index (χ3v) is 2.92. The van der Waals surface area contributed by atoms with Gasteiger partial charge in [-0.25, -0.2) is 0 Å². The molecule has 0 aromatic heterocycles. The maximum Gasteiger partial charge on any atom is 0.164 e. The van der Waals surface area contributed by atoms with Crippen LogP contribution in [0.25, 0.3) is 0 Å². The number of ketones is 1. The Kier molecular flexibility index (Phi) is 4.25. The van der Waals surface area contributed by atoms with Crippen molar-refractivity contribution in [2.24, 2.45) is 0 Å². The third kappa shape index (κ3) is 3.78. The van der Waals surface area contributed by atoms with Crippen molar-refractivity contribution in [1.29, 1.82) is 0 Å². The molecule has 0 atom stereocenters. The highest BCUT2D eigenvalue weighted by Gasteiger charge is 2.17. The molecule has 2 nitrogen and oxygen atoms in total. The zero-order valence-electron chi connectivity index (χ0n) is 10.7. The molecule has 0 saturated heterocycles. The Labute approximate surface area is 98.3 Å². The standard InChI is InChI=1S/C14H21NO/c1-14(2,3)15(4)11-10-13(16)12-8-6-5-7-9-12/h5-9H,10-11H2,1-4H3. The van der Waals surface area contributed by atoms with E-state index in [1.807, 2.05) is 30.3 Å². The molecule has 0 N–H and O–H groups in total. The number of carbonyl (C=O) groups is 1. The highest BCUT2D eigenvalue weighted by molar-refractivity contribution is 5.96. The smallest absolute Gasteiger partial charge is 0.164 e. The molecular formula is C14H21NO. The first-order chi connectivity index (χ1) is 7.41. The number of nitrogens with zero attached hydrogens (tertiary/aromatic N) is 1. The number of Topliss-reactive ketones (excluding diaryl/α,β-unsaturated/α-hetero) is 1. The Morgan fingerprint density at radius 3 is 2.25 bits per heavy atom. The summed E-state index contributed by atoms with van der Waals surface area (Å²) in [5.41, 5.74) is 0.932. The summed E-state index contributed by atoms with van der Waals surface area (Å²) in [6, 6.07) is 9.48. The summed E-state index contributed by atoms with van der Waals surface area (Å²) in [6.07, 6.45) is 0.581. The number of carbonyl (C=O) groups excluding carboxylic acids is 1. The van der Waals surface area contributed by atoms with Gasteiger partial charge in [0.25, 0.3) is 0 Å². The average molecular weight is 219 g/mol. The lowest BCUT2D eigenvalue weighted by Crippen LogP contribution is -2.39. The van der Waals surface area contributed by atoms with Gasteiger partial charge in [-0.05, 0) is 27.8 Å². The predicted octanol–water partition coefficient (Wildman–Crippen LogP) is 2.99. The van der Waals surface area contributed by atoms with E-state index in [1.54, 1.807) is 0 Å². The molecule has 0 aliphatic rings. The Bertz CT molecular complexity index is 338. The minimum absolute atomic E-state index is 0.122. The van der Waals surface area contributed by atoms with Crippen LogP contribution in [0.5, 0.6) is 0 Å². The van der Waals surface area contributed by atoms with Crippen LogP contribution >= 0.6 is 0 Å². The molecule has 0 radical (unpaired) electrons. The summed E-state index contributed by atoms with van der Waals surface area (Å²) < 4.78 is 0. The number of hydrogen-bond acceptors (Lipinski definition) is 2. The van der Waals surface area contributed by atoms with Gasteiger partial charge >= 0.3 is 0 Å². The van der Waals surface area contributed by atoms with E-state index in [-0.39, 0.29) is 11.3 Å². The van der Waals surface area contributed by atoms with Gasteiger partial charge in [0.05, 0.1) is 0 Å². The lowest BCUT2D eigenvalue weighted by molar-refractivity contribution is 0.0943. The molecule has 0 unspecified atom stereocenters. The minimum Gasteiger partial charge on any atom is -0.301 e. The fourth-order valence-corrected chi connectivity index (χ4v) is 1.37. The van der Waals surface area contributed by atoms with Gasteiger partial charge in [-0.3, -0.25) is 4.79 Å². The molecule has 88 valence electrons. The van der Waals surface area contributed by atoms with E-state index in [9.17, 15) is 4.79 Å². The molecule has 16 heavy (non-hydrogen) atoms. The van der Waals surface area contributed by atoms with Gasteiger partial charge in [-0.2, -0.15) is 0 Å². The summed E-state index contributed by atoms with van der Waals surface area (Å²) in [5, 5.41) is 0. The van der Waals surface area contributed by atoms with Crippen LogP contribution in [0.4, 0.5) is 0 Å². The van der Waals surface area contributed by atoms with E-state index >= 15 is 0 Å². The summed E-state index contributed by atoms with van der Waals surface area (Å²) in [6.45, 7) is 7.26. The van der Waals surface area contributed by atoms with Gasteiger partial charge in [0.1, 0.15) is 0 Å². The molecule has 1 aromatic carbocycles. The van der Waals surface area contributed by atoms with E-state index in [0.29, 0.717) is 6.42 Å². The molecule has 1 aromatic rings. The van der Waals surface area contributed by atoms with Crippen molar-refractivity contribution >= 4 is 5.78 Å². The first-order valence-corrected chi connectivity index (χ1v) is 5.71. The van der Waals surface area contributed by atoms with Crippen molar-refractivity contribution < 1.29 is 4.79 Å². The summed E-state index contributed by atoms with van der Waals surface area (Å²) in [5.74, 6) is 0.219. The van der Waals surface area contributed by atoms with Gasteiger partial charge in [0.2, 0.25) is 0 Å². The molecule has 0 bridgehead atoms. The van der Waals surface area contributed by atoms with Crippen molar-refractivity contribution in [3.8, 4) is 0 Å². The van der Waals surface area contributed by atoms with E-state index in [1.165, 1.54) is 0 Å². The van der Waals surface area contributed by atoms with E-state index in [2.05, 4.69) is 32.7 Å². The molecule has 0 fully saturated rings. The molecule has 2 heteroatoms. The fourth-order valence-electron chi connectivity index (χ4n) is 1.37. The topological polar surface area (TPSA) is 20.3 Å². The summed E-state index contributed by atoms with van der Waals surface area (Å²) >= 11 is 0. The second kappa shape index (κ2) is 5.26. The van der Waals surface area contributed by atoms with Crippen molar-refractivity contribution in [2.75, 3.05) is 13.6 Å². The Morgan fingerprint density at radius 2 is 1.75 bits per heavy atom. The van der Waals surface area contributed by atoms with Crippen LogP contribution in [-0.2, 0) is 0 Å². The largest absolute Gasteiger partial charge is 0.301 e. The normalized spacial score (nSPS) is 11.8. The quantitative estimate of drug-likeness (QED) is 0.726. The van der Waals surface area contributed by atoms with Crippen LogP contribution in [0.15, 0.2) is 30.3 Å². The van der Waals surface area contributed by atoms with Gasteiger partial charge in [0, 0.05) is 24.1 Å². The molecule has 0 amide bonds. The molecular weight excluding hydrogens is 198 g/mol. The van der Waals surface area contributed by atoms with Crippen LogP contribution in [0.2, 0.25) is 0 Å². The molecule has 0 heterocycles. The van der Waals surface area contributed by atoms with Crippen LogP contribution in [-0.4, -0.2) is 29.8 Å². The zero-order valence-corrected chi connectivity index (χ0v) is 10.7. The van der Waals surface area contributed by atoms with Gasteiger partial charge < -0.3 is 4.90 Å². The first kappa shape index (κ1) is 12.9. The second-order valence-electron chi connectivity index (χ2n) is 5.13. The minimum atomic E-state index is 0.122. The highest BCUT2D eigenvalue weighted by atomic mass is 16.1. The van der Waals surface area contributed by atoms with Crippen molar-refractivity contribution in [1.82, 2.24) is 4.90 Å². The summed E-state index contributed by atoms with van der Waals surface area (Å²) in [7, 11) is 2.05. The van der Waals surface area contributed by atoms with E-state index < -0.39 is 0 Å². The predicted molar refractivity (Wildman–Crippen MR) is 67.8 cm³/mol. The Hall–Kier alpha value is -1.15. The van der Waals surface area contributed by atoms with Crippen LogP contribution in [0, 0.1) is 0 Å². The fraction of sp³-hybridized carbons (Fsp3) is 0.500. The maximum atomic E-state index is 11.8. The average Bonchev–Trinajstić information content (AvgIpc) is 2.25. The lowest BCUT2D eigenvalue weighted by atomic mass is 10.0. The molecule has 0 aliphatic heterocycles. The maximum absolute atomic E-state index is 11.8. The molecule has 0 spiro atoms. The monoisotopic (exact) mass is 219 g/mol. The van der Waals surface area contributed by atoms with E-state index in [0.717, 1.165) is 12.1 Å². The Balaban J connectivity index is 2.48. The van der Waals surface area contributed by atoms with Gasteiger partial charge in [0.15, 0.2) is 5.78 Å². The summed E-state index contributed by atoms with van der Waals surface area (Å²) in [4.78, 5) is 14.1. The van der Waals surface area contributed by atoms with Crippen molar-refractivity contribution in [3.05, 3.63) is 35.9 Å². The van der Waals surface area contributed by atoms with Crippen LogP contribution < -0.4 is 0 Å².